The highest BCUT2D eigenvalue weighted by molar-refractivity contribution is 7.47. The number of phosphoric ester groups is 1. The Balaban J connectivity index is 4.54. The summed E-state index contributed by atoms with van der Waals surface area (Å²) in [7, 11) is 1.40. The van der Waals surface area contributed by atoms with Gasteiger partial charge in [0.25, 0.3) is 0 Å². The average molecular weight is 799 g/mol. The van der Waals surface area contributed by atoms with Crippen LogP contribution in [-0.4, -0.2) is 86.1 Å². The molecule has 0 spiro atoms. The minimum Gasteiger partial charge on any atom is -0.462 e. The van der Waals surface area contributed by atoms with Crippen molar-refractivity contribution in [3.63, 3.8) is 0 Å². The van der Waals surface area contributed by atoms with Crippen LogP contribution in [0, 0.1) is 0 Å². The third-order valence-electron chi connectivity index (χ3n) is 8.94. The Kier molecular flexibility index (Phi) is 34.9. The molecule has 0 aromatic rings. The molecule has 0 aliphatic rings. The number of aliphatic hydroxyl groups excluding tert-OH is 1. The fraction of sp³-hybridized carbons (Fsp3) is 0.773. The number of aliphatic hydroxyl groups is 1. The zero-order chi connectivity index (χ0) is 40.9. The summed E-state index contributed by atoms with van der Waals surface area (Å²) in [5.41, 5.74) is 0. The number of nitrogens with zero attached hydrogens (tertiary/aromatic N) is 1. The number of ether oxygens (including phenoxy) is 2. The molecule has 0 radical (unpaired) electrons. The lowest BCUT2D eigenvalue weighted by Crippen LogP contribution is -2.37. The minimum absolute atomic E-state index is 0.00950. The van der Waals surface area contributed by atoms with Crippen LogP contribution in [0.2, 0.25) is 0 Å². The van der Waals surface area contributed by atoms with Crippen LogP contribution in [0.5, 0.6) is 0 Å². The minimum atomic E-state index is -4.40. The first-order valence-corrected chi connectivity index (χ1v) is 23.0. The molecule has 3 atom stereocenters. The van der Waals surface area contributed by atoms with Crippen molar-refractivity contribution in [2.24, 2.45) is 0 Å². The van der Waals surface area contributed by atoms with E-state index in [4.69, 9.17) is 18.5 Å². The van der Waals surface area contributed by atoms with E-state index in [9.17, 15) is 24.2 Å². The molecule has 2 N–H and O–H groups in total. The van der Waals surface area contributed by atoms with Crippen molar-refractivity contribution in [1.82, 2.24) is 0 Å². The second kappa shape index (κ2) is 36.3. The van der Waals surface area contributed by atoms with E-state index in [0.29, 0.717) is 30.3 Å². The van der Waals surface area contributed by atoms with Gasteiger partial charge in [-0.3, -0.25) is 18.6 Å². The van der Waals surface area contributed by atoms with Crippen LogP contribution < -0.4 is 0 Å². The third kappa shape index (κ3) is 39.9. The lowest BCUT2D eigenvalue weighted by atomic mass is 10.0. The van der Waals surface area contributed by atoms with Crippen molar-refractivity contribution in [2.45, 2.75) is 174 Å². The van der Waals surface area contributed by atoms with Gasteiger partial charge >= 0.3 is 19.8 Å². The molecule has 11 heteroatoms. The molecular weight excluding hydrogens is 717 g/mol. The van der Waals surface area contributed by atoms with Crippen LogP contribution in [0.4, 0.5) is 0 Å². The van der Waals surface area contributed by atoms with Gasteiger partial charge in [0, 0.05) is 12.8 Å². The normalized spacial score (nSPS) is 14.7. The van der Waals surface area contributed by atoms with Crippen molar-refractivity contribution < 1.29 is 47.2 Å². The Labute approximate surface area is 336 Å². The number of carbonyl (C=O) groups is 2. The van der Waals surface area contributed by atoms with Gasteiger partial charge in [-0.25, -0.2) is 4.57 Å². The fourth-order valence-corrected chi connectivity index (χ4v) is 6.24. The van der Waals surface area contributed by atoms with Gasteiger partial charge in [0.1, 0.15) is 19.8 Å². The molecule has 10 nitrogen and oxygen atoms in total. The maximum absolute atomic E-state index is 12.7. The van der Waals surface area contributed by atoms with E-state index in [-0.39, 0.29) is 26.1 Å². The van der Waals surface area contributed by atoms with E-state index < -0.39 is 38.6 Å². The van der Waals surface area contributed by atoms with E-state index in [1.54, 1.807) is 6.08 Å². The number of quaternary nitrogens is 1. The van der Waals surface area contributed by atoms with E-state index in [0.717, 1.165) is 32.1 Å². The summed E-state index contributed by atoms with van der Waals surface area (Å²) in [5, 5.41) is 10.1. The SMILES string of the molecule is CCCCCC=CC=CC(O)CC=CCC=CCCCC(=O)O[C@H](COC(=O)CCCCCCCCCCCCCCC)COP(=O)(O)OCC[N+](C)(C)C. The van der Waals surface area contributed by atoms with Crippen LogP contribution in [0.25, 0.3) is 0 Å². The van der Waals surface area contributed by atoms with Crippen molar-refractivity contribution in [3.8, 4) is 0 Å². The number of hydrogen-bond acceptors (Lipinski definition) is 8. The van der Waals surface area contributed by atoms with Gasteiger partial charge in [-0.05, 0) is 44.9 Å². The summed E-state index contributed by atoms with van der Waals surface area (Å²) in [6.45, 7) is 4.22. The lowest BCUT2D eigenvalue weighted by molar-refractivity contribution is -0.870. The standard InChI is InChI=1S/C44H80NO9P/c1-6-8-10-12-14-15-16-17-18-19-23-27-31-35-43(47)51-39-42(40-53-55(49,50)52-38-37-45(3,4)5)54-44(48)36-32-28-24-20-22-26-30-34-41(46)33-29-25-21-13-11-9-7-2/h20-21,24-26,29-30,33,41-42,46H,6-19,22-23,27-28,31-32,34-40H2,1-5H3/p+1/t41?,42-/m1/s1. The first-order valence-electron chi connectivity index (χ1n) is 21.5. The summed E-state index contributed by atoms with van der Waals surface area (Å²) in [4.78, 5) is 35.3. The Morgan fingerprint density at radius 1 is 0.655 bits per heavy atom. The molecule has 0 bridgehead atoms. The van der Waals surface area contributed by atoms with Crippen LogP contribution in [0.3, 0.4) is 0 Å². The average Bonchev–Trinajstić information content (AvgIpc) is 3.13. The monoisotopic (exact) mass is 799 g/mol. The number of likely N-dealkylation sites (N-methyl/N-ethyl adjacent to an activating group) is 1. The first-order chi connectivity index (χ1) is 26.4. The maximum atomic E-state index is 12.7. The Morgan fingerprint density at radius 2 is 1.22 bits per heavy atom. The summed E-state index contributed by atoms with van der Waals surface area (Å²) < 4.78 is 34.1. The molecule has 0 saturated carbocycles. The maximum Gasteiger partial charge on any atom is 0.472 e. The van der Waals surface area contributed by atoms with Crippen LogP contribution in [-0.2, 0) is 32.7 Å². The number of phosphoric acid groups is 1. The van der Waals surface area contributed by atoms with Crippen molar-refractivity contribution in [1.29, 1.82) is 0 Å². The molecular formula is C44H81NO9P+. The van der Waals surface area contributed by atoms with Gasteiger partial charge in [0.15, 0.2) is 6.10 Å². The molecule has 0 saturated heterocycles. The first kappa shape index (κ1) is 52.9. The molecule has 0 aliphatic carbocycles. The Bertz CT molecular complexity index is 1100. The molecule has 0 fully saturated rings. The van der Waals surface area contributed by atoms with Crippen LogP contribution >= 0.6 is 7.82 Å². The van der Waals surface area contributed by atoms with Gasteiger partial charge in [-0.2, -0.15) is 0 Å². The highest BCUT2D eigenvalue weighted by Gasteiger charge is 2.27. The second-order valence-electron chi connectivity index (χ2n) is 15.6. The highest BCUT2D eigenvalue weighted by atomic mass is 31.2. The third-order valence-corrected chi connectivity index (χ3v) is 9.93. The van der Waals surface area contributed by atoms with Gasteiger partial charge in [0.2, 0.25) is 0 Å². The molecule has 0 heterocycles. The number of unbranched alkanes of at least 4 members (excludes halogenated alkanes) is 16. The molecule has 320 valence electrons. The molecule has 0 rings (SSSR count). The van der Waals surface area contributed by atoms with Crippen molar-refractivity contribution >= 4 is 19.8 Å². The Morgan fingerprint density at radius 3 is 1.85 bits per heavy atom. The van der Waals surface area contributed by atoms with Crippen LogP contribution in [0.15, 0.2) is 48.6 Å². The number of hydrogen-bond donors (Lipinski definition) is 2. The highest BCUT2D eigenvalue weighted by Crippen LogP contribution is 2.43. The molecule has 0 aromatic carbocycles. The summed E-state index contributed by atoms with van der Waals surface area (Å²) in [6.07, 6.45) is 37.6. The van der Waals surface area contributed by atoms with Gasteiger partial charge in [0.05, 0.1) is 33.9 Å². The van der Waals surface area contributed by atoms with Gasteiger partial charge in [-0.15, -0.1) is 0 Å². The Hall–Kier alpha value is -2.07. The van der Waals surface area contributed by atoms with Gasteiger partial charge in [-0.1, -0.05) is 152 Å². The number of rotatable bonds is 38. The summed E-state index contributed by atoms with van der Waals surface area (Å²) in [6, 6.07) is 0. The molecule has 0 amide bonds. The smallest absolute Gasteiger partial charge is 0.462 e. The predicted octanol–water partition coefficient (Wildman–Crippen LogP) is 10.9. The largest absolute Gasteiger partial charge is 0.472 e. The zero-order valence-corrected chi connectivity index (χ0v) is 36.4. The second-order valence-corrected chi connectivity index (χ2v) is 17.0. The molecule has 0 aromatic heterocycles. The van der Waals surface area contributed by atoms with E-state index in [2.05, 4.69) is 19.9 Å². The zero-order valence-electron chi connectivity index (χ0n) is 35.5. The van der Waals surface area contributed by atoms with E-state index in [1.165, 1.54) is 83.5 Å². The predicted molar refractivity (Wildman–Crippen MR) is 226 cm³/mol. The van der Waals surface area contributed by atoms with Crippen LogP contribution in [0.1, 0.15) is 162 Å². The summed E-state index contributed by atoms with van der Waals surface area (Å²) >= 11 is 0. The van der Waals surface area contributed by atoms with E-state index in [1.807, 2.05) is 57.6 Å². The molecule has 55 heavy (non-hydrogen) atoms. The summed E-state index contributed by atoms with van der Waals surface area (Å²) in [5.74, 6) is -0.906. The molecule has 0 aliphatic heterocycles. The quantitative estimate of drug-likeness (QED) is 0.0157. The number of esters is 2. The van der Waals surface area contributed by atoms with Gasteiger partial charge < -0.3 is 24.0 Å². The fourth-order valence-electron chi connectivity index (χ4n) is 5.50. The molecule has 2 unspecified atom stereocenters. The number of carbonyl (C=O) groups excluding carboxylic acids is 2. The van der Waals surface area contributed by atoms with Crippen molar-refractivity contribution in [3.05, 3.63) is 48.6 Å². The topological polar surface area (TPSA) is 129 Å². The lowest BCUT2D eigenvalue weighted by Gasteiger charge is -2.24. The number of allylic oxidation sites excluding steroid dienone is 6. The van der Waals surface area contributed by atoms with Crippen molar-refractivity contribution in [2.75, 3.05) is 47.5 Å². The van der Waals surface area contributed by atoms with E-state index >= 15 is 0 Å².